The summed E-state index contributed by atoms with van der Waals surface area (Å²) in [5.74, 6) is 0.433. The molecule has 1 aliphatic heterocycles. The fraction of sp³-hybridized carbons (Fsp3) is 0.500. The topological polar surface area (TPSA) is 66.0 Å². The number of benzene rings is 2. The molecule has 0 bridgehead atoms. The third kappa shape index (κ3) is 6.32. The van der Waals surface area contributed by atoms with E-state index in [9.17, 15) is 36.5 Å². The average Bonchev–Trinajstić information content (AvgIpc) is 3.26. The second-order valence-electron chi connectivity index (χ2n) is 10.9. The molecule has 228 valence electrons. The first-order valence-corrected chi connectivity index (χ1v) is 13.9. The molecule has 2 fully saturated rings. The number of fused-ring (bicyclic) bond motifs is 1. The Kier molecular flexibility index (Phi) is 8.38. The normalized spacial score (nSPS) is 21.1. The van der Waals surface area contributed by atoms with Crippen molar-refractivity contribution < 1.29 is 35.7 Å². The average molecular weight is 619 g/mol. The predicted octanol–water partition coefficient (Wildman–Crippen LogP) is 7.60. The van der Waals surface area contributed by atoms with Gasteiger partial charge in [0.1, 0.15) is 16.9 Å². The van der Waals surface area contributed by atoms with Gasteiger partial charge in [0.2, 0.25) is 0 Å². The van der Waals surface area contributed by atoms with Crippen LogP contribution in [-0.4, -0.2) is 60.0 Å². The van der Waals surface area contributed by atoms with Crippen LogP contribution in [0.25, 0.3) is 11.0 Å². The van der Waals surface area contributed by atoms with Crippen LogP contribution in [0, 0.1) is 10.1 Å². The van der Waals surface area contributed by atoms with E-state index in [1.807, 2.05) is 0 Å². The number of hydrogen-bond donors (Lipinski definition) is 0. The summed E-state index contributed by atoms with van der Waals surface area (Å²) in [4.78, 5) is 16.4. The molecule has 0 spiro atoms. The van der Waals surface area contributed by atoms with Crippen molar-refractivity contribution in [3.8, 4) is 0 Å². The Balaban J connectivity index is 1.15. The molecule has 7 nitrogen and oxygen atoms in total. The predicted molar refractivity (Wildman–Crippen MR) is 146 cm³/mol. The Morgan fingerprint density at radius 3 is 2.24 bits per heavy atom. The van der Waals surface area contributed by atoms with Crippen molar-refractivity contribution >= 4 is 33.9 Å². The largest absolute Gasteiger partial charge is 0.458 e. The highest BCUT2D eigenvalue weighted by atomic mass is 35.5. The molecule has 3 aromatic rings. The Bertz CT molecular complexity index is 1440. The second-order valence-corrected chi connectivity index (χ2v) is 11.3. The van der Waals surface area contributed by atoms with Crippen molar-refractivity contribution in [2.75, 3.05) is 38.1 Å². The number of anilines is 1. The minimum absolute atomic E-state index is 0.0122. The third-order valence-corrected chi connectivity index (χ3v) is 8.83. The van der Waals surface area contributed by atoms with Crippen molar-refractivity contribution in [3.05, 3.63) is 68.4 Å². The van der Waals surface area contributed by atoms with Crippen LogP contribution in [-0.2, 0) is 18.9 Å². The molecule has 14 heteroatoms. The molecule has 0 atom stereocenters. The van der Waals surface area contributed by atoms with E-state index in [1.54, 1.807) is 11.9 Å². The monoisotopic (exact) mass is 618 g/mol. The lowest BCUT2D eigenvalue weighted by atomic mass is 9.88. The quantitative estimate of drug-likeness (QED) is 0.161. The van der Waals surface area contributed by atoms with Crippen molar-refractivity contribution in [2.24, 2.45) is 0 Å². The summed E-state index contributed by atoms with van der Waals surface area (Å²) in [6, 6.07) is 6.74. The summed E-state index contributed by atoms with van der Waals surface area (Å²) in [6.07, 6.45) is -6.02. The Morgan fingerprint density at radius 2 is 1.64 bits per heavy atom. The first kappa shape index (κ1) is 30.4. The lowest BCUT2D eigenvalue weighted by Crippen LogP contribution is -2.51. The van der Waals surface area contributed by atoms with Crippen LogP contribution in [0.2, 0.25) is 5.02 Å². The summed E-state index contributed by atoms with van der Waals surface area (Å²) < 4.78 is 85.4. The van der Waals surface area contributed by atoms with E-state index in [0.717, 1.165) is 76.1 Å². The zero-order valence-electron chi connectivity index (χ0n) is 22.6. The minimum Gasteiger partial charge on any atom is -0.458 e. The second kappa shape index (κ2) is 11.6. The number of nitro benzene ring substituents is 1. The van der Waals surface area contributed by atoms with Gasteiger partial charge in [0, 0.05) is 62.5 Å². The van der Waals surface area contributed by atoms with E-state index in [2.05, 4.69) is 9.80 Å². The van der Waals surface area contributed by atoms with Gasteiger partial charge in [-0.05, 0) is 56.0 Å². The van der Waals surface area contributed by atoms with E-state index < -0.39 is 34.1 Å². The Labute approximate surface area is 242 Å². The minimum atomic E-state index is -4.83. The number of piperazine rings is 1. The molecule has 1 saturated heterocycles. The smallest absolute Gasteiger partial charge is 0.423 e. The van der Waals surface area contributed by atoms with E-state index in [1.165, 1.54) is 12.1 Å². The van der Waals surface area contributed by atoms with Crippen LogP contribution in [0.4, 0.5) is 37.7 Å². The number of halogens is 7. The molecule has 0 N–H and O–H groups in total. The highest BCUT2D eigenvalue weighted by molar-refractivity contribution is 6.36. The van der Waals surface area contributed by atoms with Gasteiger partial charge >= 0.3 is 12.4 Å². The molecule has 2 aromatic carbocycles. The number of hydrogen-bond acceptors (Lipinski definition) is 6. The zero-order valence-corrected chi connectivity index (χ0v) is 23.4. The van der Waals surface area contributed by atoms with Crippen LogP contribution in [0.5, 0.6) is 0 Å². The molecule has 0 radical (unpaired) electrons. The molecule has 2 heterocycles. The Morgan fingerprint density at radius 1 is 0.976 bits per heavy atom. The fourth-order valence-electron chi connectivity index (χ4n) is 6.04. The molecular formula is C28H29ClF6N4O3. The summed E-state index contributed by atoms with van der Waals surface area (Å²) in [7, 11) is 1.72. The van der Waals surface area contributed by atoms with Gasteiger partial charge in [-0.2, -0.15) is 26.3 Å². The molecule has 42 heavy (non-hydrogen) atoms. The van der Waals surface area contributed by atoms with Crippen LogP contribution in [0.15, 0.2) is 40.8 Å². The van der Waals surface area contributed by atoms with Crippen LogP contribution in [0.3, 0.4) is 0 Å². The maximum Gasteiger partial charge on any atom is 0.423 e. The van der Waals surface area contributed by atoms with E-state index in [0.29, 0.717) is 29.6 Å². The van der Waals surface area contributed by atoms with Crippen molar-refractivity contribution in [1.82, 2.24) is 9.80 Å². The third-order valence-electron chi connectivity index (χ3n) is 8.42. The van der Waals surface area contributed by atoms with Crippen molar-refractivity contribution in [2.45, 2.75) is 56.7 Å². The van der Waals surface area contributed by atoms with Crippen molar-refractivity contribution in [1.29, 1.82) is 0 Å². The van der Waals surface area contributed by atoms with Gasteiger partial charge in [0.05, 0.1) is 22.1 Å². The highest BCUT2D eigenvalue weighted by Crippen LogP contribution is 2.40. The maximum absolute atomic E-state index is 13.4. The summed E-state index contributed by atoms with van der Waals surface area (Å²) in [5, 5.41) is 11.5. The standard InChI is InChI=1S/C28H29ClF6N4O3/c1-36(20-7-8-23(39(40)41)22(15-20)28(33,34)35)18-3-5-19(6-4-18)38-12-10-37(11-13-38)16-25-26(29)21-14-17(27(30,31)32)2-9-24(21)42-25/h2,7-9,14-15,18-19H,3-6,10-13,16H2,1H3. The Hall–Kier alpha value is -3.03. The molecule has 2 aliphatic rings. The summed E-state index contributed by atoms with van der Waals surface area (Å²) in [5.41, 5.74) is -2.38. The SMILES string of the molecule is CN(c1ccc([N+](=O)[O-])c(C(F)(F)F)c1)C1CCC(N2CCN(Cc3oc4ccc(C(F)(F)F)cc4c3Cl)CC2)CC1. The number of nitrogens with zero attached hydrogens (tertiary/aromatic N) is 4. The number of alkyl halides is 6. The number of rotatable bonds is 6. The first-order valence-electron chi connectivity index (χ1n) is 13.6. The number of furan rings is 1. The molecule has 1 aliphatic carbocycles. The van der Waals surface area contributed by atoms with Gasteiger partial charge in [-0.25, -0.2) is 0 Å². The number of nitro groups is 1. The molecule has 1 aromatic heterocycles. The van der Waals surface area contributed by atoms with Gasteiger partial charge in [-0.1, -0.05) is 11.6 Å². The highest BCUT2D eigenvalue weighted by Gasteiger charge is 2.39. The lowest BCUT2D eigenvalue weighted by Gasteiger charge is -2.43. The zero-order chi connectivity index (χ0) is 30.4. The fourth-order valence-corrected chi connectivity index (χ4v) is 6.28. The molecule has 0 unspecified atom stereocenters. The molecular weight excluding hydrogens is 590 g/mol. The van der Waals surface area contributed by atoms with Gasteiger partial charge < -0.3 is 9.32 Å². The van der Waals surface area contributed by atoms with Crippen LogP contribution < -0.4 is 4.90 Å². The van der Waals surface area contributed by atoms with Gasteiger partial charge in [0.25, 0.3) is 5.69 Å². The van der Waals surface area contributed by atoms with Crippen molar-refractivity contribution in [3.63, 3.8) is 0 Å². The summed E-state index contributed by atoms with van der Waals surface area (Å²) in [6.45, 7) is 3.42. The molecule has 1 saturated carbocycles. The van der Waals surface area contributed by atoms with E-state index in [4.69, 9.17) is 16.0 Å². The molecule has 0 amide bonds. The van der Waals surface area contributed by atoms with Crippen LogP contribution in [0.1, 0.15) is 42.6 Å². The van der Waals surface area contributed by atoms with E-state index >= 15 is 0 Å². The maximum atomic E-state index is 13.4. The van der Waals surface area contributed by atoms with Gasteiger partial charge in [-0.3, -0.25) is 19.9 Å². The summed E-state index contributed by atoms with van der Waals surface area (Å²) >= 11 is 6.40. The lowest BCUT2D eigenvalue weighted by molar-refractivity contribution is -0.388. The first-order chi connectivity index (χ1) is 19.7. The molecule has 5 rings (SSSR count). The van der Waals surface area contributed by atoms with E-state index in [-0.39, 0.29) is 16.5 Å². The van der Waals surface area contributed by atoms with Gasteiger partial charge in [-0.15, -0.1) is 0 Å². The van der Waals surface area contributed by atoms with Crippen LogP contribution >= 0.6 is 11.6 Å². The van der Waals surface area contributed by atoms with Gasteiger partial charge in [0.15, 0.2) is 0 Å².